The van der Waals surface area contributed by atoms with E-state index in [1.54, 1.807) is 20.4 Å². The number of aromatic nitrogens is 1. The molecule has 0 fully saturated rings. The Morgan fingerprint density at radius 1 is 1.20 bits per heavy atom. The number of methoxy groups -OCH3 is 2. The molecule has 4 heteroatoms. The molecule has 106 valence electrons. The predicted molar refractivity (Wildman–Crippen MR) is 79.0 cm³/mol. The van der Waals surface area contributed by atoms with Gasteiger partial charge in [-0.15, -0.1) is 0 Å². The summed E-state index contributed by atoms with van der Waals surface area (Å²) in [5.74, 6) is 1.54. The van der Waals surface area contributed by atoms with Gasteiger partial charge in [0.1, 0.15) is 11.5 Å². The van der Waals surface area contributed by atoms with Gasteiger partial charge in [0.05, 0.1) is 14.2 Å². The summed E-state index contributed by atoms with van der Waals surface area (Å²) >= 11 is 0. The maximum Gasteiger partial charge on any atom is 0.127 e. The summed E-state index contributed by atoms with van der Waals surface area (Å²) in [6.45, 7) is 0. The van der Waals surface area contributed by atoms with E-state index in [1.165, 1.54) is 5.56 Å². The topological polar surface area (TPSA) is 57.4 Å². The molecule has 0 amide bonds. The van der Waals surface area contributed by atoms with Crippen LogP contribution in [-0.2, 0) is 6.42 Å². The first-order valence-electron chi connectivity index (χ1n) is 6.61. The summed E-state index contributed by atoms with van der Waals surface area (Å²) in [6, 6.07) is 9.66. The van der Waals surface area contributed by atoms with Crippen molar-refractivity contribution in [2.24, 2.45) is 5.73 Å². The lowest BCUT2D eigenvalue weighted by atomic mass is 9.99. The molecule has 0 aliphatic heterocycles. The first-order valence-corrected chi connectivity index (χ1v) is 6.61. The number of rotatable bonds is 6. The second-order valence-electron chi connectivity index (χ2n) is 4.61. The highest BCUT2D eigenvalue weighted by atomic mass is 16.5. The lowest BCUT2D eigenvalue weighted by Gasteiger charge is -2.16. The Morgan fingerprint density at radius 3 is 2.70 bits per heavy atom. The van der Waals surface area contributed by atoms with E-state index in [2.05, 4.69) is 11.1 Å². The zero-order valence-electron chi connectivity index (χ0n) is 11.9. The number of hydrogen-bond acceptors (Lipinski definition) is 4. The summed E-state index contributed by atoms with van der Waals surface area (Å²) in [5.41, 5.74) is 8.46. The Morgan fingerprint density at radius 2 is 2.05 bits per heavy atom. The first kappa shape index (κ1) is 14.3. The number of aryl methyl sites for hydroxylation is 1. The lowest BCUT2D eigenvalue weighted by molar-refractivity contribution is 0.387. The number of nitrogens with zero attached hydrogens (tertiary/aromatic N) is 1. The maximum absolute atomic E-state index is 6.27. The molecule has 1 aromatic heterocycles. The minimum atomic E-state index is -0.0731. The van der Waals surface area contributed by atoms with Crippen LogP contribution in [0.25, 0.3) is 0 Å². The fraction of sp³-hybridized carbons (Fsp3) is 0.312. The van der Waals surface area contributed by atoms with Crippen molar-refractivity contribution < 1.29 is 9.47 Å². The van der Waals surface area contributed by atoms with E-state index >= 15 is 0 Å². The molecule has 0 aliphatic rings. The van der Waals surface area contributed by atoms with E-state index in [-0.39, 0.29) is 6.04 Å². The molecule has 0 aliphatic carbocycles. The van der Waals surface area contributed by atoms with Crippen LogP contribution in [0, 0.1) is 0 Å². The van der Waals surface area contributed by atoms with Gasteiger partial charge in [0.15, 0.2) is 0 Å². The zero-order chi connectivity index (χ0) is 14.4. The van der Waals surface area contributed by atoms with Crippen molar-refractivity contribution >= 4 is 0 Å². The van der Waals surface area contributed by atoms with Crippen LogP contribution in [0.3, 0.4) is 0 Å². The molecule has 2 rings (SSSR count). The largest absolute Gasteiger partial charge is 0.497 e. The molecule has 0 radical (unpaired) electrons. The zero-order valence-corrected chi connectivity index (χ0v) is 11.9. The summed E-state index contributed by atoms with van der Waals surface area (Å²) in [7, 11) is 3.28. The molecule has 2 N–H and O–H groups in total. The monoisotopic (exact) mass is 272 g/mol. The Balaban J connectivity index is 2.07. The van der Waals surface area contributed by atoms with E-state index in [0.29, 0.717) is 0 Å². The van der Waals surface area contributed by atoms with Crippen molar-refractivity contribution in [3.8, 4) is 11.5 Å². The summed E-state index contributed by atoms with van der Waals surface area (Å²) in [5, 5.41) is 0. The number of nitrogens with two attached hydrogens (primary N) is 1. The van der Waals surface area contributed by atoms with Gasteiger partial charge in [-0.1, -0.05) is 12.1 Å². The molecular weight excluding hydrogens is 252 g/mol. The van der Waals surface area contributed by atoms with Crippen molar-refractivity contribution in [3.63, 3.8) is 0 Å². The highest BCUT2D eigenvalue weighted by Gasteiger charge is 2.13. The third-order valence-electron chi connectivity index (χ3n) is 3.31. The molecule has 20 heavy (non-hydrogen) atoms. The van der Waals surface area contributed by atoms with Gasteiger partial charge in [-0.2, -0.15) is 0 Å². The van der Waals surface area contributed by atoms with Gasteiger partial charge in [-0.05, 0) is 30.5 Å². The van der Waals surface area contributed by atoms with Crippen molar-refractivity contribution in [2.45, 2.75) is 18.9 Å². The van der Waals surface area contributed by atoms with Crippen LogP contribution < -0.4 is 15.2 Å². The minimum absolute atomic E-state index is 0.0731. The van der Waals surface area contributed by atoms with Gasteiger partial charge in [-0.3, -0.25) is 4.98 Å². The van der Waals surface area contributed by atoms with Gasteiger partial charge in [-0.25, -0.2) is 0 Å². The van der Waals surface area contributed by atoms with Crippen molar-refractivity contribution in [3.05, 3.63) is 53.9 Å². The number of ether oxygens (including phenoxy) is 2. The molecule has 0 saturated heterocycles. The second-order valence-corrected chi connectivity index (χ2v) is 4.61. The molecule has 0 saturated carbocycles. The average molecular weight is 272 g/mol. The normalized spacial score (nSPS) is 11.9. The number of benzene rings is 1. The molecular formula is C16H20N2O2. The maximum atomic E-state index is 6.27. The molecule has 0 bridgehead atoms. The molecule has 1 unspecified atom stereocenters. The van der Waals surface area contributed by atoms with E-state index in [9.17, 15) is 0 Å². The third-order valence-corrected chi connectivity index (χ3v) is 3.31. The van der Waals surface area contributed by atoms with E-state index in [1.807, 2.05) is 30.5 Å². The van der Waals surface area contributed by atoms with Gasteiger partial charge in [0.2, 0.25) is 0 Å². The molecule has 2 aromatic rings. The second kappa shape index (κ2) is 6.91. The molecule has 1 atom stereocenters. The summed E-state index contributed by atoms with van der Waals surface area (Å²) in [6.07, 6.45) is 5.38. The number of pyridine rings is 1. The van der Waals surface area contributed by atoms with Crippen LogP contribution in [-0.4, -0.2) is 19.2 Å². The van der Waals surface area contributed by atoms with Gasteiger partial charge in [0, 0.05) is 30.1 Å². The predicted octanol–water partition coefficient (Wildman–Crippen LogP) is 2.73. The molecule has 1 aromatic carbocycles. The Kier molecular flexibility index (Phi) is 4.96. The quantitative estimate of drug-likeness (QED) is 0.878. The molecule has 4 nitrogen and oxygen atoms in total. The standard InChI is InChI=1S/C16H20N2O2/c1-19-13-6-7-14(16(10-13)20-2)15(17)8-5-12-4-3-9-18-11-12/h3-4,6-7,9-11,15H,5,8,17H2,1-2H3. The van der Waals surface area contributed by atoms with E-state index in [0.717, 1.165) is 29.9 Å². The van der Waals surface area contributed by atoms with Crippen LogP contribution >= 0.6 is 0 Å². The van der Waals surface area contributed by atoms with Crippen molar-refractivity contribution in [1.82, 2.24) is 4.98 Å². The third kappa shape index (κ3) is 3.48. The average Bonchev–Trinajstić information content (AvgIpc) is 2.52. The molecule has 1 heterocycles. The smallest absolute Gasteiger partial charge is 0.127 e. The van der Waals surface area contributed by atoms with E-state index < -0.39 is 0 Å². The highest BCUT2D eigenvalue weighted by Crippen LogP contribution is 2.30. The van der Waals surface area contributed by atoms with Gasteiger partial charge < -0.3 is 15.2 Å². The molecule has 0 spiro atoms. The van der Waals surface area contributed by atoms with Crippen LogP contribution in [0.2, 0.25) is 0 Å². The Labute approximate surface area is 119 Å². The van der Waals surface area contributed by atoms with Crippen LogP contribution in [0.1, 0.15) is 23.6 Å². The lowest BCUT2D eigenvalue weighted by Crippen LogP contribution is -2.12. The van der Waals surface area contributed by atoms with E-state index in [4.69, 9.17) is 15.2 Å². The van der Waals surface area contributed by atoms with Crippen LogP contribution in [0.5, 0.6) is 11.5 Å². The fourth-order valence-corrected chi connectivity index (χ4v) is 2.15. The van der Waals surface area contributed by atoms with Crippen LogP contribution in [0.15, 0.2) is 42.7 Å². The summed E-state index contributed by atoms with van der Waals surface area (Å²) in [4.78, 5) is 4.11. The Bertz CT molecular complexity index is 543. The SMILES string of the molecule is COc1ccc(C(N)CCc2cccnc2)c(OC)c1. The van der Waals surface area contributed by atoms with Crippen LogP contribution in [0.4, 0.5) is 0 Å². The fourth-order valence-electron chi connectivity index (χ4n) is 2.15. The highest BCUT2D eigenvalue weighted by molar-refractivity contribution is 5.42. The summed E-state index contributed by atoms with van der Waals surface area (Å²) < 4.78 is 10.6. The van der Waals surface area contributed by atoms with Crippen molar-refractivity contribution in [2.75, 3.05) is 14.2 Å². The first-order chi connectivity index (χ1) is 9.74. The minimum Gasteiger partial charge on any atom is -0.497 e. The number of hydrogen-bond donors (Lipinski definition) is 1. The van der Waals surface area contributed by atoms with Gasteiger partial charge >= 0.3 is 0 Å². The Hall–Kier alpha value is -2.07. The van der Waals surface area contributed by atoms with Crippen molar-refractivity contribution in [1.29, 1.82) is 0 Å². The van der Waals surface area contributed by atoms with Gasteiger partial charge in [0.25, 0.3) is 0 Å².